The zero-order valence-electron chi connectivity index (χ0n) is 16.2. The van der Waals surface area contributed by atoms with Crippen LogP contribution in [-0.2, 0) is 20.9 Å². The molecule has 0 spiro atoms. The van der Waals surface area contributed by atoms with Crippen molar-refractivity contribution in [1.29, 1.82) is 0 Å². The molecule has 0 aromatic heterocycles. The van der Waals surface area contributed by atoms with Crippen molar-refractivity contribution in [3.05, 3.63) is 71.8 Å². The van der Waals surface area contributed by atoms with Crippen molar-refractivity contribution in [3.63, 3.8) is 0 Å². The Kier molecular flexibility index (Phi) is 6.49. The van der Waals surface area contributed by atoms with Crippen LogP contribution in [0.15, 0.2) is 60.7 Å². The number of nitrogens with one attached hydrogen (secondary N) is 1. The van der Waals surface area contributed by atoms with Crippen LogP contribution in [0.3, 0.4) is 0 Å². The first kappa shape index (κ1) is 20.4. The molecule has 1 saturated heterocycles. The maximum absolute atomic E-state index is 12.7. The predicted octanol–water partition coefficient (Wildman–Crippen LogP) is 2.77. The lowest BCUT2D eigenvalue weighted by atomic mass is 9.96. The van der Waals surface area contributed by atoms with Crippen LogP contribution in [0.5, 0.6) is 0 Å². The van der Waals surface area contributed by atoms with Crippen molar-refractivity contribution >= 4 is 18.0 Å². The minimum Gasteiger partial charge on any atom is -0.465 e. The molecule has 152 valence electrons. The van der Waals surface area contributed by atoms with E-state index in [9.17, 15) is 19.5 Å². The molecule has 3 atom stereocenters. The number of likely N-dealkylation sites (tertiary alicyclic amines) is 1. The molecule has 1 aliphatic heterocycles. The third-order valence-electron chi connectivity index (χ3n) is 5.06. The Balaban J connectivity index is 1.59. The first-order valence-electron chi connectivity index (χ1n) is 9.51. The maximum atomic E-state index is 12.7. The smallest absolute Gasteiger partial charge is 0.408 e. The molecule has 0 bridgehead atoms. The van der Waals surface area contributed by atoms with Crippen LogP contribution in [0.2, 0.25) is 0 Å². The Morgan fingerprint density at radius 2 is 1.72 bits per heavy atom. The fourth-order valence-corrected chi connectivity index (χ4v) is 3.48. The van der Waals surface area contributed by atoms with Gasteiger partial charge < -0.3 is 15.2 Å². The molecule has 1 aliphatic rings. The normalized spacial score (nSPS) is 19.4. The Hall–Kier alpha value is -3.35. The summed E-state index contributed by atoms with van der Waals surface area (Å²) in [6, 6.07) is 17.0. The molecule has 2 aromatic rings. The largest absolute Gasteiger partial charge is 0.465 e. The maximum Gasteiger partial charge on any atom is 0.408 e. The summed E-state index contributed by atoms with van der Waals surface area (Å²) in [5.41, 5.74) is 1.84. The van der Waals surface area contributed by atoms with Crippen LogP contribution in [0.1, 0.15) is 30.4 Å². The first-order chi connectivity index (χ1) is 14.0. The molecule has 1 fully saturated rings. The van der Waals surface area contributed by atoms with Gasteiger partial charge in [-0.25, -0.2) is 9.59 Å². The molecule has 1 heterocycles. The van der Waals surface area contributed by atoms with Crippen LogP contribution >= 0.6 is 0 Å². The summed E-state index contributed by atoms with van der Waals surface area (Å²) in [5.74, 6) is -1.12. The minimum absolute atomic E-state index is 0.0663. The Morgan fingerprint density at radius 1 is 1.10 bits per heavy atom. The van der Waals surface area contributed by atoms with Gasteiger partial charge in [0.2, 0.25) is 5.91 Å². The van der Waals surface area contributed by atoms with E-state index >= 15 is 0 Å². The SMILES string of the molecule is C[C@H](NC(=O)[C@H]1C[C@H](c2ccccc2)CN1C(=O)O)C(=O)OCc1ccccc1. The highest BCUT2D eigenvalue weighted by Crippen LogP contribution is 2.31. The minimum atomic E-state index is -1.15. The molecule has 2 N–H and O–H groups in total. The second-order valence-corrected chi connectivity index (χ2v) is 7.12. The zero-order valence-corrected chi connectivity index (χ0v) is 16.2. The molecule has 7 heteroatoms. The molecule has 3 rings (SSSR count). The topological polar surface area (TPSA) is 95.9 Å². The summed E-state index contributed by atoms with van der Waals surface area (Å²) in [5, 5.41) is 12.1. The van der Waals surface area contributed by atoms with E-state index in [1.54, 1.807) is 0 Å². The second-order valence-electron chi connectivity index (χ2n) is 7.12. The van der Waals surface area contributed by atoms with Crippen LogP contribution in [0.25, 0.3) is 0 Å². The number of hydrogen-bond donors (Lipinski definition) is 2. The van der Waals surface area contributed by atoms with E-state index in [1.807, 2.05) is 60.7 Å². The zero-order chi connectivity index (χ0) is 20.8. The van der Waals surface area contributed by atoms with Crippen molar-refractivity contribution < 1.29 is 24.2 Å². The highest BCUT2D eigenvalue weighted by Gasteiger charge is 2.40. The predicted molar refractivity (Wildman–Crippen MR) is 106 cm³/mol. The Bertz CT molecular complexity index is 856. The summed E-state index contributed by atoms with van der Waals surface area (Å²) >= 11 is 0. The van der Waals surface area contributed by atoms with Crippen molar-refractivity contribution in [2.75, 3.05) is 6.54 Å². The molecular formula is C22H24N2O5. The Labute approximate surface area is 169 Å². The van der Waals surface area contributed by atoms with Crippen molar-refractivity contribution in [3.8, 4) is 0 Å². The third-order valence-corrected chi connectivity index (χ3v) is 5.06. The molecule has 29 heavy (non-hydrogen) atoms. The average molecular weight is 396 g/mol. The first-order valence-corrected chi connectivity index (χ1v) is 9.51. The van der Waals surface area contributed by atoms with Crippen LogP contribution in [-0.4, -0.2) is 46.6 Å². The molecule has 0 unspecified atom stereocenters. The average Bonchev–Trinajstić information content (AvgIpc) is 3.19. The van der Waals surface area contributed by atoms with Gasteiger partial charge in [0.1, 0.15) is 18.7 Å². The van der Waals surface area contributed by atoms with Crippen LogP contribution < -0.4 is 5.32 Å². The summed E-state index contributed by atoms with van der Waals surface area (Å²) in [4.78, 5) is 37.7. The Morgan fingerprint density at radius 3 is 2.34 bits per heavy atom. The van der Waals surface area contributed by atoms with Gasteiger partial charge in [-0.3, -0.25) is 9.69 Å². The number of carbonyl (C=O) groups is 3. The van der Waals surface area contributed by atoms with Gasteiger partial charge in [0, 0.05) is 12.5 Å². The molecule has 2 amide bonds. The number of carboxylic acid groups (broad SMARTS) is 1. The molecular weight excluding hydrogens is 372 g/mol. The van der Waals surface area contributed by atoms with Gasteiger partial charge in [-0.2, -0.15) is 0 Å². The quantitative estimate of drug-likeness (QED) is 0.732. The molecule has 2 aromatic carbocycles. The van der Waals surface area contributed by atoms with Gasteiger partial charge in [0.05, 0.1) is 0 Å². The van der Waals surface area contributed by atoms with E-state index in [-0.39, 0.29) is 19.1 Å². The summed E-state index contributed by atoms with van der Waals surface area (Å²) in [7, 11) is 0. The van der Waals surface area contributed by atoms with Gasteiger partial charge in [0.15, 0.2) is 0 Å². The number of carbonyl (C=O) groups excluding carboxylic acids is 2. The van der Waals surface area contributed by atoms with Gasteiger partial charge in [-0.05, 0) is 24.5 Å². The summed E-state index contributed by atoms with van der Waals surface area (Å²) in [6.07, 6.45) is -0.781. The van der Waals surface area contributed by atoms with Crippen LogP contribution in [0.4, 0.5) is 4.79 Å². The number of ether oxygens (including phenoxy) is 1. The monoisotopic (exact) mass is 396 g/mol. The molecule has 7 nitrogen and oxygen atoms in total. The highest BCUT2D eigenvalue weighted by molar-refractivity contribution is 5.89. The van der Waals surface area contributed by atoms with Gasteiger partial charge in [-0.15, -0.1) is 0 Å². The van der Waals surface area contributed by atoms with E-state index in [0.717, 1.165) is 16.0 Å². The number of esters is 1. The molecule has 0 saturated carbocycles. The number of rotatable bonds is 6. The number of nitrogens with zero attached hydrogens (tertiary/aromatic N) is 1. The van der Waals surface area contributed by atoms with Gasteiger partial charge in [0.25, 0.3) is 0 Å². The highest BCUT2D eigenvalue weighted by atomic mass is 16.5. The second kappa shape index (κ2) is 9.23. The lowest BCUT2D eigenvalue weighted by Gasteiger charge is -2.22. The third kappa shape index (κ3) is 5.13. The van der Waals surface area contributed by atoms with E-state index in [1.165, 1.54) is 6.92 Å². The fourth-order valence-electron chi connectivity index (χ4n) is 3.48. The van der Waals surface area contributed by atoms with E-state index < -0.39 is 30.1 Å². The van der Waals surface area contributed by atoms with Crippen molar-refractivity contribution in [2.24, 2.45) is 0 Å². The van der Waals surface area contributed by atoms with Gasteiger partial charge >= 0.3 is 12.1 Å². The van der Waals surface area contributed by atoms with Crippen molar-refractivity contribution in [2.45, 2.75) is 38.0 Å². The van der Waals surface area contributed by atoms with Gasteiger partial charge in [-0.1, -0.05) is 60.7 Å². The molecule has 0 radical (unpaired) electrons. The summed E-state index contributed by atoms with van der Waals surface area (Å²) in [6.45, 7) is 1.88. The fraction of sp³-hybridized carbons (Fsp3) is 0.318. The summed E-state index contributed by atoms with van der Waals surface area (Å²) < 4.78 is 5.23. The lowest BCUT2D eigenvalue weighted by Crippen LogP contribution is -2.50. The van der Waals surface area contributed by atoms with Crippen molar-refractivity contribution in [1.82, 2.24) is 10.2 Å². The van der Waals surface area contributed by atoms with E-state index in [4.69, 9.17) is 4.74 Å². The number of benzene rings is 2. The lowest BCUT2D eigenvalue weighted by molar-refractivity contribution is -0.149. The van der Waals surface area contributed by atoms with E-state index in [2.05, 4.69) is 5.32 Å². The van der Waals surface area contributed by atoms with E-state index in [0.29, 0.717) is 6.42 Å². The molecule has 0 aliphatic carbocycles. The number of amides is 2. The number of hydrogen-bond acceptors (Lipinski definition) is 4. The van der Waals surface area contributed by atoms with Crippen LogP contribution in [0, 0.1) is 0 Å². The standard InChI is InChI=1S/C22H24N2O5/c1-15(21(26)29-14-16-8-4-2-5-9-16)23-20(25)19-12-18(13-24(19)22(27)28)17-10-6-3-7-11-17/h2-11,15,18-19H,12-14H2,1H3,(H,23,25)(H,27,28)/t15-,18-,19+/m0/s1.